The minimum absolute atomic E-state index is 0.0597. The molecule has 2 aromatic carbocycles. The molecule has 0 heterocycles. The van der Waals surface area contributed by atoms with Crippen LogP contribution in [-0.4, -0.2) is 23.8 Å². The van der Waals surface area contributed by atoms with Crippen LogP contribution in [0.4, 0.5) is 0 Å². The lowest BCUT2D eigenvalue weighted by atomic mass is 9.72. The molecule has 0 saturated carbocycles. The van der Waals surface area contributed by atoms with Gasteiger partial charge in [-0.05, 0) is 54.0 Å². The third-order valence-electron chi connectivity index (χ3n) is 4.55. The first-order valence-corrected chi connectivity index (χ1v) is 9.81. The van der Waals surface area contributed by atoms with Gasteiger partial charge in [-0.1, -0.05) is 58.4 Å². The maximum absolute atomic E-state index is 11.9. The molecule has 156 valence electrons. The van der Waals surface area contributed by atoms with Crippen molar-refractivity contribution in [2.24, 2.45) is 10.5 Å². The van der Waals surface area contributed by atoms with Crippen molar-refractivity contribution in [3.63, 3.8) is 0 Å². The van der Waals surface area contributed by atoms with E-state index in [-0.39, 0.29) is 29.1 Å². The summed E-state index contributed by atoms with van der Waals surface area (Å²) in [5.41, 5.74) is 5.48. The van der Waals surface area contributed by atoms with Crippen molar-refractivity contribution in [3.05, 3.63) is 59.2 Å². The number of carbonyl (C=O) groups is 1. The fraction of sp³-hybridized carbons (Fsp3) is 0.417. The Hall–Kier alpha value is -2.82. The fourth-order valence-electron chi connectivity index (χ4n) is 3.56. The van der Waals surface area contributed by atoms with Crippen LogP contribution in [0.1, 0.15) is 57.7 Å². The fourth-order valence-corrected chi connectivity index (χ4v) is 3.56. The zero-order valence-corrected chi connectivity index (χ0v) is 18.2. The number of phenols is 1. The molecule has 5 nitrogen and oxygen atoms in total. The van der Waals surface area contributed by atoms with Gasteiger partial charge in [0.15, 0.2) is 6.61 Å². The summed E-state index contributed by atoms with van der Waals surface area (Å²) in [6.07, 6.45) is 2.48. The van der Waals surface area contributed by atoms with Gasteiger partial charge in [0.25, 0.3) is 5.91 Å². The Kier molecular flexibility index (Phi) is 7.07. The van der Waals surface area contributed by atoms with Gasteiger partial charge in [-0.15, -0.1) is 0 Å². The van der Waals surface area contributed by atoms with E-state index in [1.807, 2.05) is 19.1 Å². The molecule has 2 rings (SSSR count). The number of nitrogens with one attached hydrogen (secondary N) is 1. The number of hydrogen-bond donors (Lipinski definition) is 2. The zero-order chi connectivity index (χ0) is 21.7. The van der Waals surface area contributed by atoms with E-state index < -0.39 is 0 Å². The van der Waals surface area contributed by atoms with Gasteiger partial charge in [0.1, 0.15) is 11.5 Å². The first kappa shape index (κ1) is 22.5. The lowest BCUT2D eigenvalue weighted by Crippen LogP contribution is -2.25. The normalized spacial score (nSPS) is 12.2. The Bertz CT molecular complexity index is 863. The van der Waals surface area contributed by atoms with Crippen LogP contribution < -0.4 is 10.2 Å². The van der Waals surface area contributed by atoms with E-state index >= 15 is 0 Å². The molecule has 0 aromatic heterocycles. The van der Waals surface area contributed by atoms with E-state index in [0.29, 0.717) is 11.3 Å². The highest BCUT2D eigenvalue weighted by Gasteiger charge is 2.27. The summed E-state index contributed by atoms with van der Waals surface area (Å²) in [5, 5.41) is 13.6. The second-order valence-corrected chi connectivity index (χ2v) is 9.29. The predicted molar refractivity (Wildman–Crippen MR) is 118 cm³/mol. The molecule has 0 aliphatic heterocycles. The molecule has 0 atom stereocenters. The molecule has 0 aliphatic rings. The second-order valence-electron chi connectivity index (χ2n) is 9.29. The van der Waals surface area contributed by atoms with E-state index in [1.165, 1.54) is 11.8 Å². The number of aryl methyl sites for hydroxylation is 1. The molecule has 0 unspecified atom stereocenters. The van der Waals surface area contributed by atoms with Crippen molar-refractivity contribution >= 4 is 12.1 Å². The van der Waals surface area contributed by atoms with E-state index in [0.717, 1.165) is 12.0 Å². The van der Waals surface area contributed by atoms with Crippen LogP contribution in [0.3, 0.4) is 0 Å². The van der Waals surface area contributed by atoms with Crippen LogP contribution in [0.25, 0.3) is 0 Å². The number of hydrazone groups is 1. The van der Waals surface area contributed by atoms with Crippen molar-refractivity contribution in [2.75, 3.05) is 6.61 Å². The Morgan fingerprint density at radius 3 is 2.38 bits per heavy atom. The van der Waals surface area contributed by atoms with Gasteiger partial charge in [-0.25, -0.2) is 5.43 Å². The molecule has 29 heavy (non-hydrogen) atoms. The van der Waals surface area contributed by atoms with Crippen LogP contribution in [0.5, 0.6) is 11.5 Å². The quantitative estimate of drug-likeness (QED) is 0.514. The van der Waals surface area contributed by atoms with Gasteiger partial charge in [0.05, 0.1) is 6.21 Å². The Labute approximate surface area is 173 Å². The summed E-state index contributed by atoms with van der Waals surface area (Å²) in [7, 11) is 0. The SMILES string of the molecule is Cc1ccc(O)c(C=NNC(=O)COc2ccc(C(C)(C)CC(C)(C)C)cc2)c1. The average Bonchev–Trinajstić information content (AvgIpc) is 2.61. The maximum atomic E-state index is 11.9. The zero-order valence-electron chi connectivity index (χ0n) is 18.2. The molecule has 0 radical (unpaired) electrons. The highest BCUT2D eigenvalue weighted by Crippen LogP contribution is 2.36. The number of amides is 1. The third-order valence-corrected chi connectivity index (χ3v) is 4.55. The van der Waals surface area contributed by atoms with Crippen LogP contribution in [0, 0.1) is 12.3 Å². The summed E-state index contributed by atoms with van der Waals surface area (Å²) in [5.74, 6) is 0.376. The van der Waals surface area contributed by atoms with Crippen molar-refractivity contribution in [3.8, 4) is 11.5 Å². The smallest absolute Gasteiger partial charge is 0.277 e. The van der Waals surface area contributed by atoms with Crippen molar-refractivity contribution < 1.29 is 14.6 Å². The van der Waals surface area contributed by atoms with E-state index in [2.05, 4.69) is 57.3 Å². The molecule has 5 heteroatoms. The number of benzene rings is 2. The summed E-state index contributed by atoms with van der Waals surface area (Å²) < 4.78 is 5.55. The summed E-state index contributed by atoms with van der Waals surface area (Å²) in [6.45, 7) is 13.0. The standard InChI is InChI=1S/C24H32N2O3/c1-17-7-12-21(27)18(13-17)14-25-26-22(28)15-29-20-10-8-19(9-11-20)24(5,6)16-23(2,3)4/h7-14,27H,15-16H2,1-6H3,(H,26,28). The van der Waals surface area contributed by atoms with Crippen LogP contribution in [0.2, 0.25) is 0 Å². The Morgan fingerprint density at radius 1 is 1.10 bits per heavy atom. The third kappa shape index (κ3) is 7.26. The second kappa shape index (κ2) is 9.12. The number of hydrogen-bond acceptors (Lipinski definition) is 4. The van der Waals surface area contributed by atoms with Crippen LogP contribution in [-0.2, 0) is 10.2 Å². The maximum Gasteiger partial charge on any atom is 0.277 e. The average molecular weight is 397 g/mol. The number of aromatic hydroxyl groups is 1. The van der Waals surface area contributed by atoms with Gasteiger partial charge in [0, 0.05) is 5.56 Å². The lowest BCUT2D eigenvalue weighted by molar-refractivity contribution is -0.123. The van der Waals surface area contributed by atoms with Gasteiger partial charge in [-0.3, -0.25) is 4.79 Å². The monoisotopic (exact) mass is 396 g/mol. The Balaban J connectivity index is 1.87. The molecule has 0 fully saturated rings. The topological polar surface area (TPSA) is 70.9 Å². The minimum Gasteiger partial charge on any atom is -0.507 e. The van der Waals surface area contributed by atoms with Crippen molar-refractivity contribution in [1.29, 1.82) is 0 Å². The van der Waals surface area contributed by atoms with E-state index in [9.17, 15) is 9.90 Å². The van der Waals surface area contributed by atoms with Crippen LogP contribution >= 0.6 is 0 Å². The van der Waals surface area contributed by atoms with Gasteiger partial charge in [-0.2, -0.15) is 5.10 Å². The highest BCUT2D eigenvalue weighted by molar-refractivity contribution is 5.85. The van der Waals surface area contributed by atoms with E-state index in [4.69, 9.17) is 4.74 Å². The molecular weight excluding hydrogens is 364 g/mol. The van der Waals surface area contributed by atoms with Gasteiger partial charge >= 0.3 is 0 Å². The number of ether oxygens (including phenoxy) is 1. The first-order valence-electron chi connectivity index (χ1n) is 9.81. The summed E-state index contributed by atoms with van der Waals surface area (Å²) in [6, 6.07) is 13.1. The highest BCUT2D eigenvalue weighted by atomic mass is 16.5. The molecule has 2 aromatic rings. The molecular formula is C24H32N2O3. The molecule has 0 spiro atoms. The predicted octanol–water partition coefficient (Wildman–Crippen LogP) is 4.94. The number of phenolic OH excluding ortho intramolecular Hbond substituents is 1. The lowest BCUT2D eigenvalue weighted by Gasteiger charge is -2.33. The molecule has 0 bridgehead atoms. The van der Waals surface area contributed by atoms with E-state index in [1.54, 1.807) is 18.2 Å². The molecule has 1 amide bonds. The van der Waals surface area contributed by atoms with Gasteiger partial charge in [0.2, 0.25) is 0 Å². The first-order chi connectivity index (χ1) is 13.5. The molecule has 0 saturated heterocycles. The summed E-state index contributed by atoms with van der Waals surface area (Å²) in [4.78, 5) is 11.9. The van der Waals surface area contributed by atoms with Gasteiger partial charge < -0.3 is 9.84 Å². The van der Waals surface area contributed by atoms with Crippen LogP contribution in [0.15, 0.2) is 47.6 Å². The largest absolute Gasteiger partial charge is 0.507 e. The Morgan fingerprint density at radius 2 is 1.76 bits per heavy atom. The number of carbonyl (C=O) groups excluding carboxylic acids is 1. The minimum atomic E-state index is -0.370. The molecule has 0 aliphatic carbocycles. The molecule has 2 N–H and O–H groups in total. The summed E-state index contributed by atoms with van der Waals surface area (Å²) >= 11 is 0. The van der Waals surface area contributed by atoms with Crippen molar-refractivity contribution in [1.82, 2.24) is 5.43 Å². The van der Waals surface area contributed by atoms with Crippen molar-refractivity contribution in [2.45, 2.75) is 53.4 Å². The number of nitrogens with zero attached hydrogens (tertiary/aromatic N) is 1. The number of rotatable bonds is 7.